The van der Waals surface area contributed by atoms with Crippen molar-refractivity contribution in [1.29, 1.82) is 0 Å². The highest BCUT2D eigenvalue weighted by Crippen LogP contribution is 2.45. The van der Waals surface area contributed by atoms with Crippen LogP contribution in [0.25, 0.3) is 0 Å². The molecule has 3 aromatic rings. The van der Waals surface area contributed by atoms with Crippen molar-refractivity contribution in [2.75, 3.05) is 19.3 Å². The molecule has 0 aliphatic carbocycles. The van der Waals surface area contributed by atoms with E-state index in [1.807, 2.05) is 4.90 Å². The van der Waals surface area contributed by atoms with Crippen molar-refractivity contribution in [2.45, 2.75) is 23.6 Å². The van der Waals surface area contributed by atoms with E-state index in [0.717, 1.165) is 17.4 Å². The molecule has 0 spiro atoms. The van der Waals surface area contributed by atoms with Gasteiger partial charge in [0, 0.05) is 35.3 Å². The topological polar surface area (TPSA) is 37.4 Å². The smallest absolute Gasteiger partial charge is 0.292 e. The third-order valence-corrected chi connectivity index (χ3v) is 8.59. The minimum Gasteiger partial charge on any atom is -0.292 e. The summed E-state index contributed by atoms with van der Waals surface area (Å²) in [6, 6.07) is 14.6. The Hall–Kier alpha value is -2.27. The maximum absolute atomic E-state index is 13.4. The number of hydrogen-bond acceptors (Lipinski definition) is 3. The van der Waals surface area contributed by atoms with Gasteiger partial charge < -0.3 is 0 Å². The van der Waals surface area contributed by atoms with Gasteiger partial charge in [-0.1, -0.05) is 47.5 Å². The number of hydrogen-bond donors (Lipinski definition) is 0. The van der Waals surface area contributed by atoms with Crippen molar-refractivity contribution in [3.8, 4) is 0 Å². The molecule has 0 N–H and O–H groups in total. The second kappa shape index (κ2) is 10.4. The van der Waals surface area contributed by atoms with Crippen LogP contribution in [0.4, 0.5) is 26.3 Å². The van der Waals surface area contributed by atoms with Crippen molar-refractivity contribution < 1.29 is 34.8 Å². The molecule has 1 unspecified atom stereocenters. The Morgan fingerprint density at radius 3 is 1.47 bits per heavy atom. The zero-order valence-corrected chi connectivity index (χ0v) is 22.0. The summed E-state index contributed by atoms with van der Waals surface area (Å²) in [5, 5.41) is -0.544. The third kappa shape index (κ3) is 6.30. The fraction of sp³-hybridized carbons (Fsp3) is 0.308. The lowest BCUT2D eigenvalue weighted by molar-refractivity contribution is -0.143. The molecule has 1 atom stereocenters. The van der Waals surface area contributed by atoms with E-state index in [1.165, 1.54) is 0 Å². The van der Waals surface area contributed by atoms with Crippen LogP contribution in [0.2, 0.25) is 10.0 Å². The lowest BCUT2D eigenvalue weighted by Gasteiger charge is -2.47. The van der Waals surface area contributed by atoms with Crippen LogP contribution >= 0.6 is 23.2 Å². The molecule has 4 rings (SSSR count). The Labute approximate surface area is 225 Å². The van der Waals surface area contributed by atoms with Gasteiger partial charge in [0.05, 0.1) is 22.4 Å². The van der Waals surface area contributed by atoms with Crippen molar-refractivity contribution >= 4 is 33.0 Å². The van der Waals surface area contributed by atoms with Crippen LogP contribution in [0.15, 0.2) is 66.7 Å². The first-order valence-corrected chi connectivity index (χ1v) is 14.0. The highest BCUT2D eigenvalue weighted by molar-refractivity contribution is 7.90. The van der Waals surface area contributed by atoms with Gasteiger partial charge in [0.15, 0.2) is 9.84 Å². The van der Waals surface area contributed by atoms with E-state index in [-0.39, 0.29) is 25.2 Å². The van der Waals surface area contributed by atoms with Crippen LogP contribution in [0.1, 0.15) is 39.1 Å². The normalized spacial score (nSPS) is 16.5. The maximum atomic E-state index is 13.4. The van der Waals surface area contributed by atoms with E-state index in [1.54, 1.807) is 48.5 Å². The molecule has 0 radical (unpaired) electrons. The molecule has 12 heteroatoms. The minimum absolute atomic E-state index is 0.00693. The zero-order chi connectivity index (χ0) is 28.0. The summed E-state index contributed by atoms with van der Waals surface area (Å²) < 4.78 is 106. The molecule has 1 heterocycles. The van der Waals surface area contributed by atoms with Crippen molar-refractivity contribution in [3.05, 3.63) is 105 Å². The number of sulfone groups is 1. The lowest BCUT2D eigenvalue weighted by Crippen LogP contribution is -2.52. The molecule has 1 saturated heterocycles. The molecule has 3 aromatic carbocycles. The SMILES string of the molecule is CS(=O)(=O)C(c1cc(C(F)(F)F)cc(C(F)(F)F)c1)C1CN(C(c2ccc(Cl)cc2)c2ccc(Cl)cc2)C1. The number of benzene rings is 3. The molecule has 38 heavy (non-hydrogen) atoms. The average Bonchev–Trinajstić information content (AvgIpc) is 2.77. The van der Waals surface area contributed by atoms with E-state index >= 15 is 0 Å². The Morgan fingerprint density at radius 2 is 1.13 bits per heavy atom. The number of alkyl halides is 6. The summed E-state index contributed by atoms with van der Waals surface area (Å²) >= 11 is 12.1. The van der Waals surface area contributed by atoms with E-state index in [9.17, 15) is 34.8 Å². The fourth-order valence-corrected chi connectivity index (χ4v) is 6.62. The van der Waals surface area contributed by atoms with Crippen LogP contribution in [-0.4, -0.2) is 32.7 Å². The van der Waals surface area contributed by atoms with Gasteiger partial charge in [-0.2, -0.15) is 26.3 Å². The molecule has 1 fully saturated rings. The van der Waals surface area contributed by atoms with Crippen LogP contribution in [0.5, 0.6) is 0 Å². The highest BCUT2D eigenvalue weighted by atomic mass is 35.5. The summed E-state index contributed by atoms with van der Waals surface area (Å²) in [6.45, 7) is 0.233. The first-order chi connectivity index (χ1) is 17.5. The number of nitrogens with zero attached hydrogens (tertiary/aromatic N) is 1. The van der Waals surface area contributed by atoms with Gasteiger partial charge >= 0.3 is 12.4 Å². The summed E-state index contributed by atoms with van der Waals surface area (Å²) in [7, 11) is -4.09. The first kappa shape index (κ1) is 28.7. The molecule has 1 aliphatic heterocycles. The molecule has 1 aliphatic rings. The minimum atomic E-state index is -5.09. The van der Waals surface area contributed by atoms with Crippen LogP contribution in [0, 0.1) is 5.92 Å². The fourth-order valence-electron chi connectivity index (χ4n) is 4.87. The van der Waals surface area contributed by atoms with E-state index in [4.69, 9.17) is 23.2 Å². The van der Waals surface area contributed by atoms with Gasteiger partial charge in [-0.25, -0.2) is 8.42 Å². The summed E-state index contributed by atoms with van der Waals surface area (Å²) in [5.74, 6) is -0.739. The molecule has 0 bridgehead atoms. The van der Waals surface area contributed by atoms with Gasteiger partial charge in [0.2, 0.25) is 0 Å². The van der Waals surface area contributed by atoms with Crippen molar-refractivity contribution in [2.24, 2.45) is 5.92 Å². The predicted octanol–water partition coefficient (Wildman–Crippen LogP) is 7.84. The lowest BCUT2D eigenvalue weighted by atomic mass is 9.85. The first-order valence-electron chi connectivity index (χ1n) is 11.3. The van der Waals surface area contributed by atoms with E-state index in [0.29, 0.717) is 22.2 Å². The number of likely N-dealkylation sites (tertiary alicyclic amines) is 1. The second-order valence-electron chi connectivity index (χ2n) is 9.31. The molecule has 3 nitrogen and oxygen atoms in total. The Bertz CT molecular complexity index is 1320. The van der Waals surface area contributed by atoms with Crippen LogP contribution < -0.4 is 0 Å². The maximum Gasteiger partial charge on any atom is 0.416 e. The van der Waals surface area contributed by atoms with Crippen LogP contribution in [0.3, 0.4) is 0 Å². The molecule has 0 aromatic heterocycles. The highest BCUT2D eigenvalue weighted by Gasteiger charge is 2.45. The molecule has 204 valence electrons. The molecular formula is C26H21Cl2F6NO2S. The average molecular weight is 596 g/mol. The quantitative estimate of drug-likeness (QED) is 0.272. The third-order valence-electron chi connectivity index (χ3n) is 6.50. The van der Waals surface area contributed by atoms with Gasteiger partial charge in [0.1, 0.15) is 0 Å². The van der Waals surface area contributed by atoms with Crippen molar-refractivity contribution in [3.63, 3.8) is 0 Å². The Balaban J connectivity index is 1.71. The van der Waals surface area contributed by atoms with Gasteiger partial charge in [0.25, 0.3) is 0 Å². The summed E-state index contributed by atoms with van der Waals surface area (Å²) in [5.41, 5.74) is -1.98. The zero-order valence-electron chi connectivity index (χ0n) is 19.7. The molecule has 0 saturated carbocycles. The predicted molar refractivity (Wildman–Crippen MR) is 134 cm³/mol. The number of halogens is 8. The standard InChI is InChI=1S/C26H21Cl2F6NO2S/c1-38(36,37)24(17-10-19(25(29,30)31)12-20(11-17)26(32,33)34)18-13-35(14-18)23(15-2-6-21(27)7-3-15)16-4-8-22(28)9-5-16/h2-12,18,23-24H,13-14H2,1H3. The second-order valence-corrected chi connectivity index (χ2v) is 12.3. The monoisotopic (exact) mass is 595 g/mol. The largest absolute Gasteiger partial charge is 0.416 e. The van der Waals surface area contributed by atoms with E-state index in [2.05, 4.69) is 0 Å². The summed E-state index contributed by atoms with van der Waals surface area (Å²) in [4.78, 5) is 1.91. The van der Waals surface area contributed by atoms with Crippen LogP contribution in [-0.2, 0) is 22.2 Å². The van der Waals surface area contributed by atoms with E-state index < -0.39 is 50.0 Å². The Kier molecular flexibility index (Phi) is 7.84. The Morgan fingerprint density at radius 1 is 0.737 bits per heavy atom. The van der Waals surface area contributed by atoms with Gasteiger partial charge in [-0.3, -0.25) is 4.90 Å². The molecule has 0 amide bonds. The number of rotatable bonds is 6. The molecular weight excluding hydrogens is 575 g/mol. The van der Waals surface area contributed by atoms with Gasteiger partial charge in [-0.15, -0.1) is 0 Å². The summed E-state index contributed by atoms with van der Waals surface area (Å²) in [6.07, 6.45) is -9.35. The van der Waals surface area contributed by atoms with Gasteiger partial charge in [-0.05, 0) is 59.2 Å². The van der Waals surface area contributed by atoms with Crippen molar-refractivity contribution in [1.82, 2.24) is 4.90 Å².